The molecule has 4 aliphatic rings. The summed E-state index contributed by atoms with van der Waals surface area (Å²) >= 11 is 0. The molecule has 0 radical (unpaired) electrons. The molecule has 0 aromatic rings. The van der Waals surface area contributed by atoms with Gasteiger partial charge in [0.15, 0.2) is 12.6 Å². The zero-order valence-electron chi connectivity index (χ0n) is 30.0. The zero-order chi connectivity index (χ0) is 39.5. The molecule has 2 saturated carbocycles. The summed E-state index contributed by atoms with van der Waals surface area (Å²) in [4.78, 5) is 26.0. The van der Waals surface area contributed by atoms with E-state index >= 15 is 0 Å². The third-order valence-corrected chi connectivity index (χ3v) is 11.3. The van der Waals surface area contributed by atoms with Gasteiger partial charge in [-0.15, -0.1) is 0 Å². The molecule has 20 heteroatoms. The van der Waals surface area contributed by atoms with Gasteiger partial charge in [0, 0.05) is 50.9 Å². The minimum atomic E-state index is -1.50. The first-order valence-corrected chi connectivity index (χ1v) is 18.4. The van der Waals surface area contributed by atoms with Gasteiger partial charge in [-0.2, -0.15) is 0 Å². The standard InChI is InChI=1S/C33H62N6O14/c1-11(4-15(41)6-13-8-17(37)31(29(49)23(13)43)53-33-21(39)27(47)25(45)19(10-35)51-33)2-3-14(40)5-12-7-16(36)30(28(48)22(12)42)52-32-20(38)26(46)24(44)18(9-34)50-32/h11-13,16-33,42-49H,2-10,34-39H2,1H3. The van der Waals surface area contributed by atoms with Crippen LogP contribution < -0.4 is 34.4 Å². The Labute approximate surface area is 308 Å². The molecule has 308 valence electrons. The van der Waals surface area contributed by atoms with Crippen LogP contribution in [0.3, 0.4) is 0 Å². The molecular formula is C33H62N6O14. The Morgan fingerprint density at radius 1 is 0.623 bits per heavy atom. The molecule has 0 aromatic carbocycles. The summed E-state index contributed by atoms with van der Waals surface area (Å²) in [6.07, 6.45) is -17.4. The molecule has 0 amide bonds. The molecule has 20 N–H and O–H groups in total. The van der Waals surface area contributed by atoms with Gasteiger partial charge >= 0.3 is 0 Å². The smallest absolute Gasteiger partial charge is 0.176 e. The van der Waals surface area contributed by atoms with E-state index in [0.29, 0.717) is 6.42 Å². The van der Waals surface area contributed by atoms with Crippen LogP contribution in [0.2, 0.25) is 0 Å². The van der Waals surface area contributed by atoms with Crippen molar-refractivity contribution in [1.82, 2.24) is 0 Å². The first-order valence-electron chi connectivity index (χ1n) is 18.4. The van der Waals surface area contributed by atoms with Gasteiger partial charge in [0.25, 0.3) is 0 Å². The number of rotatable bonds is 15. The molecule has 4 rings (SSSR count). The molecule has 4 fully saturated rings. The minimum absolute atomic E-state index is 0.0740. The molecule has 2 heterocycles. The highest BCUT2D eigenvalue weighted by molar-refractivity contribution is 5.80. The Morgan fingerprint density at radius 3 is 1.42 bits per heavy atom. The van der Waals surface area contributed by atoms with E-state index in [0.717, 1.165) is 0 Å². The summed E-state index contributed by atoms with van der Waals surface area (Å²) in [5, 5.41) is 84.2. The number of hydrogen-bond donors (Lipinski definition) is 14. The summed E-state index contributed by atoms with van der Waals surface area (Å²) in [6.45, 7) is 1.54. The van der Waals surface area contributed by atoms with Gasteiger partial charge in [-0.05, 0) is 37.0 Å². The lowest BCUT2D eigenvalue weighted by molar-refractivity contribution is -0.289. The van der Waals surface area contributed by atoms with E-state index in [-0.39, 0.29) is 69.1 Å². The second-order valence-electron chi connectivity index (χ2n) is 15.5. The van der Waals surface area contributed by atoms with Gasteiger partial charge in [-0.1, -0.05) is 6.92 Å². The fraction of sp³-hybridized carbons (Fsp3) is 0.939. The molecule has 0 bridgehead atoms. The van der Waals surface area contributed by atoms with Crippen molar-refractivity contribution in [3.63, 3.8) is 0 Å². The number of carbonyl (C=O) groups is 2. The largest absolute Gasteiger partial charge is 0.390 e. The van der Waals surface area contributed by atoms with E-state index in [1.807, 2.05) is 0 Å². The fourth-order valence-corrected chi connectivity index (χ4v) is 7.99. The second-order valence-corrected chi connectivity index (χ2v) is 15.5. The molecule has 21 unspecified atom stereocenters. The Kier molecular flexibility index (Phi) is 16.0. The molecule has 0 aromatic heterocycles. The van der Waals surface area contributed by atoms with Crippen LogP contribution in [0.1, 0.15) is 51.9 Å². The topological polar surface area (TPSA) is 389 Å². The maximum absolute atomic E-state index is 13.0. The quantitative estimate of drug-likeness (QED) is 0.0736. The average Bonchev–Trinajstić information content (AvgIpc) is 3.11. The van der Waals surface area contributed by atoms with Gasteiger partial charge in [0.2, 0.25) is 0 Å². The van der Waals surface area contributed by atoms with E-state index in [2.05, 4.69) is 0 Å². The van der Waals surface area contributed by atoms with E-state index in [1.54, 1.807) is 6.92 Å². The predicted octanol–water partition coefficient (Wildman–Crippen LogP) is -6.92. The highest BCUT2D eigenvalue weighted by Crippen LogP contribution is 2.34. The Hall–Kier alpha value is -1.38. The predicted molar refractivity (Wildman–Crippen MR) is 184 cm³/mol. The molecule has 20 nitrogen and oxygen atoms in total. The first kappa shape index (κ1) is 44.3. The first-order chi connectivity index (χ1) is 24.9. The van der Waals surface area contributed by atoms with E-state index in [9.17, 15) is 50.4 Å². The van der Waals surface area contributed by atoms with Crippen molar-refractivity contribution < 1.29 is 69.4 Å². The lowest BCUT2D eigenvalue weighted by Gasteiger charge is -2.46. The number of ether oxygens (including phenoxy) is 4. The van der Waals surface area contributed by atoms with Crippen LogP contribution in [-0.4, -0.2) is 176 Å². The number of nitrogens with two attached hydrogens (primary N) is 6. The highest BCUT2D eigenvalue weighted by Gasteiger charge is 2.50. The molecule has 2 saturated heterocycles. The number of hydrogen-bond acceptors (Lipinski definition) is 20. The monoisotopic (exact) mass is 766 g/mol. The molecule has 53 heavy (non-hydrogen) atoms. The third kappa shape index (κ3) is 10.3. The maximum Gasteiger partial charge on any atom is 0.176 e. The summed E-state index contributed by atoms with van der Waals surface area (Å²) in [6, 6.07) is -4.01. The summed E-state index contributed by atoms with van der Waals surface area (Å²) < 4.78 is 22.7. The van der Waals surface area contributed by atoms with E-state index in [1.165, 1.54) is 0 Å². The van der Waals surface area contributed by atoms with Gasteiger partial charge in [-0.3, -0.25) is 9.59 Å². The SMILES string of the molecule is CC(CCC(=O)CC1CC(N)C(OC2OC(CN)C(O)C(O)C2N)C(O)C1O)CC(=O)CC1CC(N)C(OC2OC(CN)C(O)C(O)C2N)C(O)C1O. The van der Waals surface area contributed by atoms with E-state index < -0.39 is 122 Å². The van der Waals surface area contributed by atoms with Crippen LogP contribution >= 0.6 is 0 Å². The van der Waals surface area contributed by atoms with Gasteiger partial charge < -0.3 is 94.2 Å². The Bertz CT molecular complexity index is 1190. The van der Waals surface area contributed by atoms with Crippen molar-refractivity contribution >= 4 is 11.6 Å². The lowest BCUT2D eigenvalue weighted by atomic mass is 9.76. The minimum Gasteiger partial charge on any atom is -0.390 e. The highest BCUT2D eigenvalue weighted by atomic mass is 16.7. The zero-order valence-corrected chi connectivity index (χ0v) is 30.0. The molecule has 2 aliphatic heterocycles. The van der Waals surface area contributed by atoms with Crippen LogP contribution in [-0.2, 0) is 28.5 Å². The molecule has 2 aliphatic carbocycles. The third-order valence-electron chi connectivity index (χ3n) is 11.3. The van der Waals surface area contributed by atoms with Crippen LogP contribution in [0.4, 0.5) is 0 Å². The number of aliphatic hydroxyl groups is 8. The van der Waals surface area contributed by atoms with Crippen LogP contribution in [0.15, 0.2) is 0 Å². The van der Waals surface area contributed by atoms with Gasteiger partial charge in [0.1, 0.15) is 72.6 Å². The maximum atomic E-state index is 13.0. The lowest BCUT2D eigenvalue weighted by Crippen LogP contribution is -2.66. The summed E-state index contributed by atoms with van der Waals surface area (Å²) in [5.41, 5.74) is 35.7. The Balaban J connectivity index is 1.20. The fourth-order valence-electron chi connectivity index (χ4n) is 7.99. The van der Waals surface area contributed by atoms with E-state index in [4.69, 9.17) is 53.3 Å². The molecular weight excluding hydrogens is 704 g/mol. The second kappa shape index (κ2) is 19.2. The van der Waals surface area contributed by atoms with Crippen molar-refractivity contribution in [2.75, 3.05) is 13.1 Å². The molecule has 21 atom stereocenters. The Morgan fingerprint density at radius 2 is 1.02 bits per heavy atom. The van der Waals surface area contributed by atoms with Crippen molar-refractivity contribution in [2.24, 2.45) is 52.2 Å². The van der Waals surface area contributed by atoms with Crippen LogP contribution in [0.25, 0.3) is 0 Å². The summed E-state index contributed by atoms with van der Waals surface area (Å²) in [5.74, 6) is -1.96. The molecule has 0 spiro atoms. The van der Waals surface area contributed by atoms with Crippen molar-refractivity contribution in [3.8, 4) is 0 Å². The number of Topliss-reactive ketones (excluding diaryl/α,β-unsaturated/α-hetero) is 2. The van der Waals surface area contributed by atoms with Crippen LogP contribution in [0, 0.1) is 17.8 Å². The average molecular weight is 767 g/mol. The van der Waals surface area contributed by atoms with Crippen molar-refractivity contribution in [3.05, 3.63) is 0 Å². The van der Waals surface area contributed by atoms with Crippen molar-refractivity contribution in [1.29, 1.82) is 0 Å². The normalized spacial score (nSPS) is 47.2. The van der Waals surface area contributed by atoms with Crippen molar-refractivity contribution in [2.45, 2.75) is 162 Å². The number of carbonyl (C=O) groups excluding carboxylic acids is 2. The van der Waals surface area contributed by atoms with Crippen LogP contribution in [0.5, 0.6) is 0 Å². The van der Waals surface area contributed by atoms with Gasteiger partial charge in [-0.25, -0.2) is 0 Å². The summed E-state index contributed by atoms with van der Waals surface area (Å²) in [7, 11) is 0. The number of ketones is 2. The van der Waals surface area contributed by atoms with Gasteiger partial charge in [0.05, 0.1) is 24.3 Å². The number of aliphatic hydroxyl groups excluding tert-OH is 8.